The molecule has 0 bridgehead atoms. The summed E-state index contributed by atoms with van der Waals surface area (Å²) in [5.74, 6) is 0. The fraction of sp³-hybridized carbons (Fsp3) is 0. The van der Waals surface area contributed by atoms with E-state index in [1.165, 1.54) is 0 Å². The minimum absolute atomic E-state index is 0. The van der Waals surface area contributed by atoms with Crippen LogP contribution in [0.2, 0.25) is 0 Å². The smallest absolute Gasteiger partial charge is 0.319 e. The van der Waals surface area contributed by atoms with Crippen LogP contribution in [0.1, 0.15) is 0 Å². The molecule has 30 valence electrons. The van der Waals surface area contributed by atoms with Crippen LogP contribution in [-0.4, -0.2) is 0 Å². The maximum Gasteiger partial charge on any atom is 1.00 e. The second-order valence-corrected chi connectivity index (χ2v) is 1.00. The molecule has 0 fully saturated rings. The molecule has 0 aliphatic carbocycles. The summed E-state index contributed by atoms with van der Waals surface area (Å²) in [6.07, 6.45) is 0. The van der Waals surface area contributed by atoms with Crippen LogP contribution in [0.5, 0.6) is 0 Å². The van der Waals surface area contributed by atoms with E-state index in [1.807, 2.05) is 24.3 Å². The molecule has 1 aromatic rings. The summed E-state index contributed by atoms with van der Waals surface area (Å²) in [5, 5.41) is 0. The standard InChI is InChI=1S/C6H4.K.Li/c1-2-4-6-5-3-1;;/h1-2,5-6H;;/q-2;2*+1. The van der Waals surface area contributed by atoms with Crippen molar-refractivity contribution in [2.45, 2.75) is 0 Å². The summed E-state index contributed by atoms with van der Waals surface area (Å²) in [4.78, 5) is 0. The van der Waals surface area contributed by atoms with Crippen LogP contribution < -0.4 is 70.2 Å². The second-order valence-electron chi connectivity index (χ2n) is 1.00. The average molecular weight is 122 g/mol. The second kappa shape index (κ2) is 8.45. The molecular formula is C6H4KLi. The molecule has 0 saturated carbocycles. The molecule has 0 aromatic heterocycles. The Morgan fingerprint density at radius 2 is 1.00 bits per heavy atom. The van der Waals surface area contributed by atoms with Crippen molar-refractivity contribution in [1.29, 1.82) is 0 Å². The van der Waals surface area contributed by atoms with E-state index in [4.69, 9.17) is 0 Å². The minimum Gasteiger partial charge on any atom is -0.319 e. The van der Waals surface area contributed by atoms with Crippen LogP contribution in [0.15, 0.2) is 24.3 Å². The number of hydrogen-bond acceptors (Lipinski definition) is 0. The molecule has 0 heterocycles. The van der Waals surface area contributed by atoms with Crippen molar-refractivity contribution in [2.75, 3.05) is 0 Å². The first-order valence-electron chi connectivity index (χ1n) is 1.82. The number of rotatable bonds is 0. The molecule has 0 aliphatic rings. The molecule has 1 rings (SSSR count). The molecule has 0 amide bonds. The zero-order chi connectivity index (χ0) is 4.24. The van der Waals surface area contributed by atoms with Gasteiger partial charge in [0, 0.05) is 0 Å². The van der Waals surface area contributed by atoms with Crippen LogP contribution in [-0.2, 0) is 0 Å². The maximum absolute atomic E-state index is 2.86. The summed E-state index contributed by atoms with van der Waals surface area (Å²) in [6.45, 7) is 0. The van der Waals surface area contributed by atoms with Gasteiger partial charge in [0.2, 0.25) is 0 Å². The van der Waals surface area contributed by atoms with Gasteiger partial charge >= 0.3 is 70.2 Å². The first-order valence-corrected chi connectivity index (χ1v) is 1.82. The van der Waals surface area contributed by atoms with Gasteiger partial charge in [-0.05, 0) is 0 Å². The van der Waals surface area contributed by atoms with Gasteiger partial charge < -0.3 is 12.1 Å². The molecule has 1 aromatic carbocycles. The van der Waals surface area contributed by atoms with Crippen LogP contribution in [0, 0.1) is 12.1 Å². The molecule has 0 N–H and O–H groups in total. The van der Waals surface area contributed by atoms with Crippen molar-refractivity contribution in [3.63, 3.8) is 0 Å². The van der Waals surface area contributed by atoms with E-state index in [-0.39, 0.29) is 70.2 Å². The van der Waals surface area contributed by atoms with Gasteiger partial charge in [0.05, 0.1) is 0 Å². The summed E-state index contributed by atoms with van der Waals surface area (Å²) in [6, 6.07) is 13.0. The van der Waals surface area contributed by atoms with Gasteiger partial charge in [0.15, 0.2) is 0 Å². The topological polar surface area (TPSA) is 0 Å². The molecule has 2 heteroatoms. The van der Waals surface area contributed by atoms with Gasteiger partial charge in [-0.25, -0.2) is 0 Å². The van der Waals surface area contributed by atoms with Crippen LogP contribution in [0.3, 0.4) is 0 Å². The monoisotopic (exact) mass is 122 g/mol. The molecule has 0 saturated heterocycles. The van der Waals surface area contributed by atoms with E-state index >= 15 is 0 Å². The maximum atomic E-state index is 2.86. The predicted molar refractivity (Wildman–Crippen MR) is 24.1 cm³/mol. The Labute approximate surface area is 105 Å². The molecule has 0 spiro atoms. The van der Waals surface area contributed by atoms with Crippen molar-refractivity contribution in [3.8, 4) is 0 Å². The third kappa shape index (κ3) is 5.59. The Kier molecular flexibility index (Phi) is 12.9. The summed E-state index contributed by atoms with van der Waals surface area (Å²) >= 11 is 0. The van der Waals surface area contributed by atoms with Crippen molar-refractivity contribution in [1.82, 2.24) is 0 Å². The molecule has 0 nitrogen and oxygen atoms in total. The minimum atomic E-state index is 0. The Hall–Kier alpha value is 1.45. The van der Waals surface area contributed by atoms with Gasteiger partial charge in [-0.1, -0.05) is 0 Å². The fourth-order valence-electron chi connectivity index (χ4n) is 0.304. The summed E-state index contributed by atoms with van der Waals surface area (Å²) in [7, 11) is 0. The van der Waals surface area contributed by atoms with E-state index in [0.717, 1.165) is 0 Å². The number of benzene rings is 1. The third-order valence-electron chi connectivity index (χ3n) is 0.552. The van der Waals surface area contributed by atoms with Crippen LogP contribution in [0.25, 0.3) is 0 Å². The molecule has 0 radical (unpaired) electrons. The summed E-state index contributed by atoms with van der Waals surface area (Å²) < 4.78 is 0. The molecule has 0 atom stereocenters. The zero-order valence-electron chi connectivity index (χ0n) is 5.31. The molecule has 8 heavy (non-hydrogen) atoms. The van der Waals surface area contributed by atoms with Gasteiger partial charge in [-0.2, -0.15) is 0 Å². The van der Waals surface area contributed by atoms with E-state index in [0.29, 0.717) is 0 Å². The van der Waals surface area contributed by atoms with E-state index in [2.05, 4.69) is 12.1 Å². The Bertz CT molecular complexity index is 80.5. The quantitative estimate of drug-likeness (QED) is 0.239. The van der Waals surface area contributed by atoms with Gasteiger partial charge in [-0.15, -0.1) is 0 Å². The zero-order valence-corrected chi connectivity index (χ0v) is 8.43. The first-order chi connectivity index (χ1) is 3.00. The van der Waals surface area contributed by atoms with Crippen LogP contribution >= 0.6 is 0 Å². The molecule has 0 unspecified atom stereocenters. The first kappa shape index (κ1) is 12.2. The normalized spacial score (nSPS) is 6.00. The Morgan fingerprint density at radius 1 is 0.750 bits per heavy atom. The van der Waals surface area contributed by atoms with Gasteiger partial charge in [0.1, 0.15) is 0 Å². The van der Waals surface area contributed by atoms with Crippen LogP contribution in [0.4, 0.5) is 0 Å². The SMILES string of the molecule is [K+].[Li+].[c-]1cc[c-]cc1. The molecule has 0 aliphatic heterocycles. The van der Waals surface area contributed by atoms with E-state index in [9.17, 15) is 0 Å². The summed E-state index contributed by atoms with van der Waals surface area (Å²) in [5.41, 5.74) is 0. The van der Waals surface area contributed by atoms with Crippen molar-refractivity contribution < 1.29 is 70.2 Å². The van der Waals surface area contributed by atoms with Crippen molar-refractivity contribution >= 4 is 0 Å². The van der Waals surface area contributed by atoms with Crippen molar-refractivity contribution in [2.24, 2.45) is 0 Å². The molecular weight excluding hydrogens is 118 g/mol. The van der Waals surface area contributed by atoms with E-state index < -0.39 is 0 Å². The Morgan fingerprint density at radius 3 is 1.12 bits per heavy atom. The van der Waals surface area contributed by atoms with Gasteiger partial charge in [-0.3, -0.25) is 24.3 Å². The largest absolute Gasteiger partial charge is 1.00 e. The average Bonchev–Trinajstić information content (AvgIpc) is 1.72. The Balaban J connectivity index is 0. The third-order valence-corrected chi connectivity index (χ3v) is 0.552. The number of hydrogen-bond donors (Lipinski definition) is 0. The van der Waals surface area contributed by atoms with Crippen molar-refractivity contribution in [3.05, 3.63) is 36.4 Å². The van der Waals surface area contributed by atoms with Gasteiger partial charge in [0.25, 0.3) is 0 Å². The predicted octanol–water partition coefficient (Wildman–Crippen LogP) is -4.71. The fourth-order valence-corrected chi connectivity index (χ4v) is 0.304. The van der Waals surface area contributed by atoms with E-state index in [1.54, 1.807) is 0 Å².